The molecule has 0 aromatic heterocycles. The number of carboxylic acid groups (broad SMARTS) is 1. The minimum atomic E-state index is -1.32. The van der Waals surface area contributed by atoms with Gasteiger partial charge in [0.1, 0.15) is 11.6 Å². The number of amides is 4. The molecule has 164 valence electrons. The second kappa shape index (κ2) is 8.13. The molecule has 4 rings (SSSR count). The van der Waals surface area contributed by atoms with Crippen LogP contribution in [0.4, 0.5) is 0 Å². The highest BCUT2D eigenvalue weighted by atomic mass is 16.4. The predicted octanol–water partition coefficient (Wildman–Crippen LogP) is 1.35. The van der Waals surface area contributed by atoms with Crippen LogP contribution in [0.5, 0.6) is 0 Å². The van der Waals surface area contributed by atoms with Gasteiger partial charge in [0, 0.05) is 24.1 Å². The molecule has 2 fully saturated rings. The van der Waals surface area contributed by atoms with Crippen molar-refractivity contribution >= 4 is 29.6 Å². The number of nitrogens with zero attached hydrogens (tertiary/aromatic N) is 1. The third-order valence-corrected chi connectivity index (χ3v) is 6.55. The lowest BCUT2D eigenvalue weighted by atomic mass is 9.89. The maximum absolute atomic E-state index is 13.2. The maximum atomic E-state index is 13.2. The number of fused-ring (bicyclic) bond motifs is 1. The third kappa shape index (κ3) is 3.80. The number of aliphatic carboxylic acids is 1. The SMILES string of the molecule is O=C1CCC(N2Cc3c(C(=O)NC4(C(=O)O)CCCCCC4)cccc3C2=O)C(=O)N1. The van der Waals surface area contributed by atoms with Gasteiger partial charge in [-0.05, 0) is 37.0 Å². The lowest BCUT2D eigenvalue weighted by Gasteiger charge is -2.30. The van der Waals surface area contributed by atoms with E-state index in [-0.39, 0.29) is 36.8 Å². The van der Waals surface area contributed by atoms with E-state index in [1.807, 2.05) is 0 Å². The summed E-state index contributed by atoms with van der Waals surface area (Å²) in [6.45, 7) is 0.0596. The average Bonchev–Trinajstić information content (AvgIpc) is 2.90. The molecule has 9 heteroatoms. The number of carbonyl (C=O) groups excluding carboxylic acids is 4. The monoisotopic (exact) mass is 427 g/mol. The normalized spacial score (nSPS) is 23.0. The van der Waals surface area contributed by atoms with Crippen LogP contribution in [0.15, 0.2) is 18.2 Å². The lowest BCUT2D eigenvalue weighted by Crippen LogP contribution is -2.54. The van der Waals surface area contributed by atoms with Crippen LogP contribution in [0.2, 0.25) is 0 Å². The number of imide groups is 1. The first-order valence-corrected chi connectivity index (χ1v) is 10.6. The first-order valence-electron chi connectivity index (χ1n) is 10.6. The number of nitrogens with one attached hydrogen (secondary N) is 2. The molecule has 1 saturated heterocycles. The van der Waals surface area contributed by atoms with E-state index in [9.17, 15) is 29.1 Å². The Morgan fingerprint density at radius 2 is 1.81 bits per heavy atom. The van der Waals surface area contributed by atoms with Gasteiger partial charge in [-0.15, -0.1) is 0 Å². The minimum absolute atomic E-state index is 0.0596. The molecule has 2 aliphatic heterocycles. The second-order valence-electron chi connectivity index (χ2n) is 8.49. The van der Waals surface area contributed by atoms with Gasteiger partial charge in [-0.25, -0.2) is 4.79 Å². The fraction of sp³-hybridized carbons (Fsp3) is 0.500. The summed E-state index contributed by atoms with van der Waals surface area (Å²) in [5, 5.41) is 14.9. The Kier molecular flexibility index (Phi) is 5.51. The molecule has 4 amide bonds. The highest BCUT2D eigenvalue weighted by Gasteiger charge is 2.43. The van der Waals surface area contributed by atoms with Gasteiger partial charge in [0.25, 0.3) is 11.8 Å². The summed E-state index contributed by atoms with van der Waals surface area (Å²) in [4.78, 5) is 63.2. The Morgan fingerprint density at radius 1 is 1.10 bits per heavy atom. The standard InChI is InChI=1S/C22H25N3O6/c26-17-9-8-16(19(28)23-17)25-12-15-13(6-5-7-14(15)20(25)29)18(27)24-22(21(30)31)10-3-1-2-4-11-22/h5-7,16H,1-4,8-12H2,(H,24,27)(H,30,31)(H,23,26,28). The van der Waals surface area contributed by atoms with E-state index in [0.717, 1.165) is 25.7 Å². The first kappa shape index (κ1) is 21.0. The van der Waals surface area contributed by atoms with Gasteiger partial charge in [-0.2, -0.15) is 0 Å². The number of carboxylic acids is 1. The van der Waals surface area contributed by atoms with Gasteiger partial charge in [0.15, 0.2) is 0 Å². The Bertz CT molecular complexity index is 964. The quantitative estimate of drug-likeness (QED) is 0.491. The zero-order valence-electron chi connectivity index (χ0n) is 17.1. The molecule has 0 spiro atoms. The van der Waals surface area contributed by atoms with Crippen molar-refractivity contribution in [2.24, 2.45) is 0 Å². The van der Waals surface area contributed by atoms with E-state index in [1.165, 1.54) is 4.90 Å². The molecule has 1 saturated carbocycles. The molecule has 0 radical (unpaired) electrons. The van der Waals surface area contributed by atoms with Crippen molar-refractivity contribution < 1.29 is 29.1 Å². The highest BCUT2D eigenvalue weighted by molar-refractivity contribution is 6.08. The first-order chi connectivity index (χ1) is 14.8. The summed E-state index contributed by atoms with van der Waals surface area (Å²) in [5.41, 5.74) is -0.278. The molecule has 2 heterocycles. The summed E-state index contributed by atoms with van der Waals surface area (Å²) in [7, 11) is 0. The van der Waals surface area contributed by atoms with Crippen molar-refractivity contribution in [2.45, 2.75) is 69.5 Å². The van der Waals surface area contributed by atoms with Crippen LogP contribution in [0.3, 0.4) is 0 Å². The number of benzene rings is 1. The van der Waals surface area contributed by atoms with Gasteiger partial charge in [0.2, 0.25) is 11.8 Å². The van der Waals surface area contributed by atoms with Crippen LogP contribution in [0.1, 0.15) is 77.6 Å². The van der Waals surface area contributed by atoms with Gasteiger partial charge in [0.05, 0.1) is 0 Å². The molecule has 31 heavy (non-hydrogen) atoms. The summed E-state index contributed by atoms with van der Waals surface area (Å²) in [6, 6.07) is 3.97. The van der Waals surface area contributed by atoms with Crippen molar-refractivity contribution in [3.05, 3.63) is 34.9 Å². The lowest BCUT2D eigenvalue weighted by molar-refractivity contribution is -0.145. The smallest absolute Gasteiger partial charge is 0.329 e. The van der Waals surface area contributed by atoms with Gasteiger partial charge < -0.3 is 15.3 Å². The van der Waals surface area contributed by atoms with Crippen molar-refractivity contribution in [2.75, 3.05) is 0 Å². The Labute approximate surface area is 179 Å². The highest BCUT2D eigenvalue weighted by Crippen LogP contribution is 2.32. The van der Waals surface area contributed by atoms with Crippen molar-refractivity contribution in [3.8, 4) is 0 Å². The number of piperidine rings is 1. The third-order valence-electron chi connectivity index (χ3n) is 6.55. The molecule has 1 aromatic carbocycles. The molecule has 1 atom stereocenters. The Balaban J connectivity index is 1.59. The van der Waals surface area contributed by atoms with Crippen LogP contribution >= 0.6 is 0 Å². The van der Waals surface area contributed by atoms with Crippen LogP contribution in [-0.2, 0) is 20.9 Å². The van der Waals surface area contributed by atoms with Crippen LogP contribution in [-0.4, -0.2) is 51.2 Å². The topological polar surface area (TPSA) is 133 Å². The van der Waals surface area contributed by atoms with Crippen LogP contribution in [0, 0.1) is 0 Å². The second-order valence-corrected chi connectivity index (χ2v) is 8.49. The molecule has 9 nitrogen and oxygen atoms in total. The molecule has 0 bridgehead atoms. The van der Waals surface area contributed by atoms with Crippen molar-refractivity contribution in [3.63, 3.8) is 0 Å². The predicted molar refractivity (Wildman–Crippen MR) is 108 cm³/mol. The van der Waals surface area contributed by atoms with E-state index < -0.39 is 29.4 Å². The number of hydrogen-bond acceptors (Lipinski definition) is 5. The van der Waals surface area contributed by atoms with Crippen LogP contribution in [0.25, 0.3) is 0 Å². The van der Waals surface area contributed by atoms with Crippen molar-refractivity contribution in [1.29, 1.82) is 0 Å². The number of rotatable bonds is 4. The van der Waals surface area contributed by atoms with Gasteiger partial charge >= 0.3 is 5.97 Å². The molecule has 3 aliphatic rings. The van der Waals surface area contributed by atoms with E-state index in [0.29, 0.717) is 24.0 Å². The van der Waals surface area contributed by atoms with E-state index in [4.69, 9.17) is 0 Å². The molecule has 1 aromatic rings. The molecule has 1 unspecified atom stereocenters. The van der Waals surface area contributed by atoms with Crippen LogP contribution < -0.4 is 10.6 Å². The fourth-order valence-electron chi connectivity index (χ4n) is 4.81. The van der Waals surface area contributed by atoms with E-state index >= 15 is 0 Å². The van der Waals surface area contributed by atoms with Gasteiger partial charge in [-0.1, -0.05) is 31.7 Å². The van der Waals surface area contributed by atoms with E-state index in [2.05, 4.69) is 10.6 Å². The molecule has 3 N–H and O–H groups in total. The van der Waals surface area contributed by atoms with Crippen molar-refractivity contribution in [1.82, 2.24) is 15.5 Å². The zero-order chi connectivity index (χ0) is 22.2. The van der Waals surface area contributed by atoms with E-state index in [1.54, 1.807) is 18.2 Å². The number of carbonyl (C=O) groups is 5. The molecule has 1 aliphatic carbocycles. The summed E-state index contributed by atoms with van der Waals surface area (Å²) >= 11 is 0. The van der Waals surface area contributed by atoms with Gasteiger partial charge in [-0.3, -0.25) is 24.5 Å². The largest absolute Gasteiger partial charge is 0.480 e. The maximum Gasteiger partial charge on any atom is 0.329 e. The number of hydrogen-bond donors (Lipinski definition) is 3. The molecular formula is C22H25N3O6. The fourth-order valence-corrected chi connectivity index (χ4v) is 4.81. The Hall–Kier alpha value is -3.23. The molecular weight excluding hydrogens is 402 g/mol. The zero-order valence-corrected chi connectivity index (χ0v) is 17.1. The summed E-state index contributed by atoms with van der Waals surface area (Å²) in [5.74, 6) is -2.84. The average molecular weight is 427 g/mol. The Morgan fingerprint density at radius 3 is 2.45 bits per heavy atom. The summed E-state index contributed by atoms with van der Waals surface area (Å²) in [6.07, 6.45) is 4.42. The summed E-state index contributed by atoms with van der Waals surface area (Å²) < 4.78 is 0. The minimum Gasteiger partial charge on any atom is -0.480 e.